The van der Waals surface area contributed by atoms with Gasteiger partial charge in [0.15, 0.2) is 0 Å². The Morgan fingerprint density at radius 3 is 2.37 bits per heavy atom. The number of carbonyl (C=O) groups is 4. The van der Waals surface area contributed by atoms with E-state index in [1.807, 2.05) is 0 Å². The molecule has 1 aliphatic carbocycles. The summed E-state index contributed by atoms with van der Waals surface area (Å²) in [5, 5.41) is -1.18. The van der Waals surface area contributed by atoms with E-state index in [9.17, 15) is 23.6 Å². The quantitative estimate of drug-likeness (QED) is 0.436. The lowest BCUT2D eigenvalue weighted by Crippen LogP contribution is -2.40. The topological polar surface area (TPSA) is 90.0 Å². The molecule has 1 aromatic heterocycles. The normalized spacial score (nSPS) is 13.8. The summed E-state index contributed by atoms with van der Waals surface area (Å²) in [6.07, 6.45) is 1.47. The molecule has 30 heavy (non-hydrogen) atoms. The van der Waals surface area contributed by atoms with E-state index in [0.717, 1.165) is 0 Å². The van der Waals surface area contributed by atoms with Crippen molar-refractivity contribution in [2.75, 3.05) is 24.5 Å². The predicted octanol–water partition coefficient (Wildman–Crippen LogP) is 3.79. The van der Waals surface area contributed by atoms with Crippen molar-refractivity contribution >= 4 is 64.0 Å². The number of alkyl halides is 1. The number of imide groups is 1. The van der Waals surface area contributed by atoms with E-state index in [0.29, 0.717) is 35.5 Å². The third kappa shape index (κ3) is 5.19. The van der Waals surface area contributed by atoms with Crippen LogP contribution in [0.5, 0.6) is 0 Å². The number of hydrogen-bond acceptors (Lipinski definition) is 7. The van der Waals surface area contributed by atoms with Crippen LogP contribution >= 0.6 is 34.5 Å². The van der Waals surface area contributed by atoms with Gasteiger partial charge in [0.2, 0.25) is 11.0 Å². The molecule has 0 fully saturated rings. The summed E-state index contributed by atoms with van der Waals surface area (Å²) in [4.78, 5) is 50.2. The van der Waals surface area contributed by atoms with Crippen molar-refractivity contribution in [1.29, 1.82) is 0 Å². The molecule has 0 aromatic carbocycles. The second-order valence-corrected chi connectivity index (χ2v) is 7.97. The minimum atomic E-state index is -0.929. The summed E-state index contributed by atoms with van der Waals surface area (Å²) < 4.78 is 24.4. The average Bonchev–Trinajstić information content (AvgIpc) is 3.00. The van der Waals surface area contributed by atoms with Crippen molar-refractivity contribution in [2.24, 2.45) is 0 Å². The van der Waals surface area contributed by atoms with Crippen molar-refractivity contribution in [3.63, 3.8) is 0 Å². The van der Waals surface area contributed by atoms with Crippen LogP contribution in [0.25, 0.3) is 0 Å². The summed E-state index contributed by atoms with van der Waals surface area (Å²) in [6.45, 7) is 1.76. The fourth-order valence-corrected chi connectivity index (χ4v) is 4.49. The Hall–Kier alpha value is -1.97. The summed E-state index contributed by atoms with van der Waals surface area (Å²) in [5.41, 5.74) is -0.293. The zero-order chi connectivity index (χ0) is 22.4. The lowest BCUT2D eigenvalue weighted by molar-refractivity contribution is -0.142. The highest BCUT2D eigenvalue weighted by atomic mass is 35.5. The smallest absolute Gasteiger partial charge is 0.334 e. The zero-order valence-electron chi connectivity index (χ0n) is 16.4. The van der Waals surface area contributed by atoms with Crippen LogP contribution in [0.4, 0.5) is 10.1 Å². The van der Waals surface area contributed by atoms with Crippen LogP contribution in [0.2, 0.25) is 5.02 Å². The van der Waals surface area contributed by atoms with E-state index in [-0.39, 0.29) is 40.5 Å². The molecule has 2 amide bonds. The average molecular weight is 480 g/mol. The Morgan fingerprint density at radius 2 is 1.80 bits per heavy atom. The molecule has 1 aliphatic rings. The number of amides is 2. The fraction of sp³-hybridized carbons (Fsp3) is 0.474. The van der Waals surface area contributed by atoms with Gasteiger partial charge in [-0.25, -0.2) is 9.69 Å². The Bertz CT molecular complexity index is 898. The second-order valence-electron chi connectivity index (χ2n) is 6.27. The highest BCUT2D eigenvalue weighted by molar-refractivity contribution is 7.11. The van der Waals surface area contributed by atoms with Gasteiger partial charge in [-0.3, -0.25) is 14.4 Å². The summed E-state index contributed by atoms with van der Waals surface area (Å²) in [7, 11) is 1.19. The van der Waals surface area contributed by atoms with Gasteiger partial charge in [-0.15, -0.1) is 22.9 Å². The predicted molar refractivity (Wildman–Crippen MR) is 110 cm³/mol. The van der Waals surface area contributed by atoms with Gasteiger partial charge in [-0.1, -0.05) is 11.6 Å². The summed E-state index contributed by atoms with van der Waals surface area (Å²) in [6, 6.07) is 0. The van der Waals surface area contributed by atoms with E-state index in [4.69, 9.17) is 32.7 Å². The third-order valence-electron chi connectivity index (χ3n) is 4.41. The van der Waals surface area contributed by atoms with E-state index in [2.05, 4.69) is 0 Å². The van der Waals surface area contributed by atoms with Crippen LogP contribution in [0.1, 0.15) is 37.5 Å². The lowest BCUT2D eigenvalue weighted by Gasteiger charge is -2.24. The fourth-order valence-electron chi connectivity index (χ4n) is 3.09. The van der Waals surface area contributed by atoms with Crippen molar-refractivity contribution in [3.05, 3.63) is 26.2 Å². The molecule has 2 rings (SSSR count). The second kappa shape index (κ2) is 10.9. The maximum atomic E-state index is 14.8. The molecule has 11 heteroatoms. The molecule has 0 saturated carbocycles. The number of anilines is 1. The third-order valence-corrected chi connectivity index (χ3v) is 6.13. The maximum absolute atomic E-state index is 14.8. The molecule has 1 heterocycles. The van der Waals surface area contributed by atoms with Gasteiger partial charge in [0, 0.05) is 16.0 Å². The Balaban J connectivity index is 2.53. The number of esters is 2. The van der Waals surface area contributed by atoms with Gasteiger partial charge < -0.3 is 9.47 Å². The van der Waals surface area contributed by atoms with Crippen LogP contribution in [-0.2, 0) is 35.1 Å². The van der Waals surface area contributed by atoms with Gasteiger partial charge in [0.05, 0.1) is 25.2 Å². The number of methoxy groups -OCH3 is 1. The number of halogens is 3. The first-order chi connectivity index (χ1) is 14.3. The Kier molecular flexibility index (Phi) is 8.81. The minimum Gasteiger partial charge on any atom is -0.466 e. The lowest BCUT2D eigenvalue weighted by atomic mass is 9.90. The van der Waals surface area contributed by atoms with E-state index in [1.165, 1.54) is 7.11 Å². The van der Waals surface area contributed by atoms with Crippen LogP contribution in [0.3, 0.4) is 0 Å². The van der Waals surface area contributed by atoms with Crippen molar-refractivity contribution in [3.8, 4) is 0 Å². The SMILES string of the molecule is CCOC(=O)Cc1sc(F)c(N(C(=O)CCl)C(=O)C2=C(C(=O)OC)CCCC2)c1Cl. The first-order valence-corrected chi connectivity index (χ1v) is 10.8. The van der Waals surface area contributed by atoms with Crippen LogP contribution in [0.15, 0.2) is 11.1 Å². The minimum absolute atomic E-state index is 0.0557. The van der Waals surface area contributed by atoms with Crippen LogP contribution in [-0.4, -0.2) is 43.3 Å². The molecule has 164 valence electrons. The molecular weight excluding hydrogens is 460 g/mol. The van der Waals surface area contributed by atoms with E-state index in [1.54, 1.807) is 6.92 Å². The highest BCUT2D eigenvalue weighted by Gasteiger charge is 2.36. The summed E-state index contributed by atoms with van der Waals surface area (Å²) >= 11 is 12.4. The first kappa shape index (κ1) is 24.3. The Labute approximate surface area is 186 Å². The molecule has 1 aromatic rings. The molecule has 7 nitrogen and oxygen atoms in total. The van der Waals surface area contributed by atoms with Crippen LogP contribution < -0.4 is 4.90 Å². The Morgan fingerprint density at radius 1 is 1.17 bits per heavy atom. The molecule has 0 atom stereocenters. The van der Waals surface area contributed by atoms with Gasteiger partial charge in [-0.2, -0.15) is 4.39 Å². The molecule has 0 radical (unpaired) electrons. The molecule has 0 bridgehead atoms. The number of thiophene rings is 1. The van der Waals surface area contributed by atoms with Crippen molar-refractivity contribution < 1.29 is 33.0 Å². The highest BCUT2D eigenvalue weighted by Crippen LogP contribution is 2.41. The maximum Gasteiger partial charge on any atom is 0.334 e. The largest absolute Gasteiger partial charge is 0.466 e. The molecule has 0 aliphatic heterocycles. The number of nitrogens with zero attached hydrogens (tertiary/aromatic N) is 1. The number of rotatable bonds is 7. The van der Waals surface area contributed by atoms with Crippen molar-refractivity contribution in [2.45, 2.75) is 39.0 Å². The van der Waals surface area contributed by atoms with Gasteiger partial charge in [0.1, 0.15) is 11.6 Å². The molecule has 0 saturated heterocycles. The standard InChI is InChI=1S/C19H20Cl2FNO6S/c1-3-29-14(25)8-12-15(21)16(17(22)30-12)23(13(24)9-20)18(26)10-6-4-5-7-11(10)19(27)28-2/h3-9H2,1-2H3. The molecule has 0 unspecified atom stereocenters. The van der Waals surface area contributed by atoms with Gasteiger partial charge >= 0.3 is 11.9 Å². The number of carbonyl (C=O) groups excluding carboxylic acids is 4. The van der Waals surface area contributed by atoms with Crippen molar-refractivity contribution in [1.82, 2.24) is 0 Å². The zero-order valence-corrected chi connectivity index (χ0v) is 18.7. The number of ether oxygens (including phenoxy) is 2. The van der Waals surface area contributed by atoms with Gasteiger partial charge in [0.25, 0.3) is 5.91 Å². The summed E-state index contributed by atoms with van der Waals surface area (Å²) in [5.74, 6) is -3.73. The molecular formula is C19H20Cl2FNO6S. The van der Waals surface area contributed by atoms with Gasteiger partial charge in [-0.05, 0) is 32.6 Å². The van der Waals surface area contributed by atoms with Crippen LogP contribution in [0, 0.1) is 5.13 Å². The first-order valence-electron chi connectivity index (χ1n) is 9.12. The molecule has 0 spiro atoms. The monoisotopic (exact) mass is 479 g/mol. The van der Waals surface area contributed by atoms with E-state index >= 15 is 0 Å². The molecule has 0 N–H and O–H groups in total. The number of hydrogen-bond donors (Lipinski definition) is 0. The van der Waals surface area contributed by atoms with E-state index < -0.39 is 40.5 Å².